The van der Waals surface area contributed by atoms with Gasteiger partial charge in [0.1, 0.15) is 0 Å². The molecule has 0 aliphatic heterocycles. The molecule has 0 aliphatic rings. The van der Waals surface area contributed by atoms with Crippen molar-refractivity contribution in [3.8, 4) is 6.19 Å². The van der Waals surface area contributed by atoms with Gasteiger partial charge in [0.15, 0.2) is 11.4 Å². The molecular formula is C12H12BrN5OS. The fourth-order valence-corrected chi connectivity index (χ4v) is 2.63. The Morgan fingerprint density at radius 1 is 1.40 bits per heavy atom. The molecule has 0 saturated carbocycles. The quantitative estimate of drug-likeness (QED) is 0.368. The van der Waals surface area contributed by atoms with Crippen LogP contribution in [0.3, 0.4) is 0 Å². The smallest absolute Gasteiger partial charge is 0.295 e. The van der Waals surface area contributed by atoms with E-state index >= 15 is 0 Å². The van der Waals surface area contributed by atoms with E-state index in [2.05, 4.69) is 26.2 Å². The number of nitrogens with one attached hydrogen (secondary N) is 1. The first-order valence-corrected chi connectivity index (χ1v) is 7.64. The largest absolute Gasteiger partial charge is 0.328 e. The van der Waals surface area contributed by atoms with Crippen molar-refractivity contribution in [2.75, 3.05) is 6.26 Å². The molecule has 2 aromatic rings. The second-order valence-electron chi connectivity index (χ2n) is 4.05. The number of thioether (sulfide) groups is 1. The number of aromatic nitrogens is 2. The molecule has 1 aromatic heterocycles. The molecule has 1 heterocycles. The molecule has 0 saturated heterocycles. The third-order valence-electron chi connectivity index (χ3n) is 2.92. The lowest BCUT2D eigenvalue weighted by Crippen LogP contribution is -2.19. The Kier molecular flexibility index (Phi) is 4.20. The lowest BCUT2D eigenvalue weighted by Gasteiger charge is -2.04. The van der Waals surface area contributed by atoms with Gasteiger partial charge in [-0.25, -0.2) is 9.79 Å². The summed E-state index contributed by atoms with van der Waals surface area (Å²) in [7, 11) is 3.44. The van der Waals surface area contributed by atoms with Gasteiger partial charge in [-0.3, -0.25) is 14.5 Å². The van der Waals surface area contributed by atoms with Crippen LogP contribution < -0.4 is 11.0 Å². The normalized spacial score (nSPS) is 11.7. The monoisotopic (exact) mass is 353 g/mol. The number of amidine groups is 1. The van der Waals surface area contributed by atoms with Gasteiger partial charge in [0, 0.05) is 18.6 Å². The van der Waals surface area contributed by atoms with Crippen LogP contribution >= 0.6 is 27.7 Å². The van der Waals surface area contributed by atoms with Crippen molar-refractivity contribution >= 4 is 49.6 Å². The predicted octanol–water partition coefficient (Wildman–Crippen LogP) is 2.06. The summed E-state index contributed by atoms with van der Waals surface area (Å²) in [5.74, 6) is 0. The van der Waals surface area contributed by atoms with E-state index in [9.17, 15) is 4.79 Å². The number of nitriles is 1. The van der Waals surface area contributed by atoms with Crippen LogP contribution in [0.15, 0.2) is 26.4 Å². The van der Waals surface area contributed by atoms with Crippen molar-refractivity contribution in [3.63, 3.8) is 0 Å². The van der Waals surface area contributed by atoms with Crippen LogP contribution in [0, 0.1) is 11.5 Å². The second kappa shape index (κ2) is 5.73. The summed E-state index contributed by atoms with van der Waals surface area (Å²) in [4.78, 5) is 16.3. The van der Waals surface area contributed by atoms with Gasteiger partial charge in [0.05, 0.1) is 16.7 Å². The molecule has 1 aromatic carbocycles. The van der Waals surface area contributed by atoms with Crippen LogP contribution in [-0.4, -0.2) is 20.6 Å². The topological polar surface area (TPSA) is 75.1 Å². The number of hydrogen-bond acceptors (Lipinski definition) is 4. The van der Waals surface area contributed by atoms with Crippen molar-refractivity contribution < 1.29 is 0 Å². The van der Waals surface area contributed by atoms with E-state index in [1.54, 1.807) is 23.2 Å². The SMILES string of the molecule is CSC(=Nc1cc2c(cc1Br)n(C)c(=O)n2C)NC#N. The third-order valence-corrected chi connectivity index (χ3v) is 4.13. The van der Waals surface area contributed by atoms with Crippen molar-refractivity contribution in [1.29, 1.82) is 5.26 Å². The van der Waals surface area contributed by atoms with Crippen molar-refractivity contribution in [3.05, 3.63) is 27.1 Å². The van der Waals surface area contributed by atoms with Gasteiger partial charge in [-0.2, -0.15) is 5.26 Å². The molecule has 0 fully saturated rings. The van der Waals surface area contributed by atoms with Crippen molar-refractivity contribution in [1.82, 2.24) is 14.5 Å². The van der Waals surface area contributed by atoms with Crippen molar-refractivity contribution in [2.24, 2.45) is 19.1 Å². The Bertz CT molecular complexity index is 799. The highest BCUT2D eigenvalue weighted by Gasteiger charge is 2.11. The molecule has 1 N–H and O–H groups in total. The minimum Gasteiger partial charge on any atom is -0.295 e. The standard InChI is InChI=1S/C12H12BrN5OS/c1-17-9-4-7(13)8(16-11(20-3)15-6-14)5-10(9)18(2)12(17)19/h4-5H,1-3H3,(H,15,16). The highest BCUT2D eigenvalue weighted by atomic mass is 79.9. The van der Waals surface area contributed by atoms with E-state index in [-0.39, 0.29) is 5.69 Å². The molecule has 104 valence electrons. The number of nitrogens with zero attached hydrogens (tertiary/aromatic N) is 4. The molecule has 20 heavy (non-hydrogen) atoms. The first-order valence-electron chi connectivity index (χ1n) is 5.62. The van der Waals surface area contributed by atoms with Crippen LogP contribution in [0.4, 0.5) is 5.69 Å². The molecule has 6 nitrogen and oxygen atoms in total. The average molecular weight is 354 g/mol. The fraction of sp³-hybridized carbons (Fsp3) is 0.250. The number of halogens is 1. The Morgan fingerprint density at radius 3 is 2.55 bits per heavy atom. The maximum Gasteiger partial charge on any atom is 0.328 e. The Balaban J connectivity index is 2.68. The number of fused-ring (bicyclic) bond motifs is 1. The zero-order chi connectivity index (χ0) is 14.9. The summed E-state index contributed by atoms with van der Waals surface area (Å²) in [6.07, 6.45) is 3.67. The van der Waals surface area contributed by atoms with E-state index in [4.69, 9.17) is 5.26 Å². The molecular weight excluding hydrogens is 342 g/mol. The van der Waals surface area contributed by atoms with Gasteiger partial charge in [-0.05, 0) is 34.3 Å². The van der Waals surface area contributed by atoms with E-state index in [0.29, 0.717) is 10.9 Å². The van der Waals surface area contributed by atoms with Crippen LogP contribution in [0.5, 0.6) is 0 Å². The van der Waals surface area contributed by atoms with Crippen molar-refractivity contribution in [2.45, 2.75) is 0 Å². The predicted molar refractivity (Wildman–Crippen MR) is 85.2 cm³/mol. The van der Waals surface area contributed by atoms with Gasteiger partial charge >= 0.3 is 5.69 Å². The van der Waals surface area contributed by atoms with Gasteiger partial charge in [-0.1, -0.05) is 11.8 Å². The number of hydrogen-bond donors (Lipinski definition) is 1. The summed E-state index contributed by atoms with van der Waals surface area (Å²) in [5.41, 5.74) is 2.18. The lowest BCUT2D eigenvalue weighted by molar-refractivity contribution is 0.795. The molecule has 0 bridgehead atoms. The molecule has 0 amide bonds. The first kappa shape index (κ1) is 14.7. The molecule has 2 rings (SSSR count). The minimum absolute atomic E-state index is 0.0896. The first-order chi connectivity index (χ1) is 9.49. The summed E-state index contributed by atoms with van der Waals surface area (Å²) < 4.78 is 3.91. The number of aryl methyl sites for hydroxylation is 2. The van der Waals surface area contributed by atoms with Gasteiger partial charge < -0.3 is 0 Å². The second-order valence-corrected chi connectivity index (χ2v) is 5.70. The number of rotatable bonds is 1. The van der Waals surface area contributed by atoms with E-state index in [1.165, 1.54) is 11.8 Å². The highest BCUT2D eigenvalue weighted by Crippen LogP contribution is 2.30. The van der Waals surface area contributed by atoms with E-state index < -0.39 is 0 Å². The lowest BCUT2D eigenvalue weighted by atomic mass is 10.3. The molecule has 0 spiro atoms. The van der Waals surface area contributed by atoms with Crippen LogP contribution in [0.1, 0.15) is 0 Å². The third kappa shape index (κ3) is 2.46. The minimum atomic E-state index is -0.0896. The highest BCUT2D eigenvalue weighted by molar-refractivity contribution is 9.10. The molecule has 8 heteroatoms. The number of aliphatic imine (C=N–C) groups is 1. The zero-order valence-electron chi connectivity index (χ0n) is 11.1. The molecule has 0 radical (unpaired) electrons. The molecule has 0 aliphatic carbocycles. The van der Waals surface area contributed by atoms with E-state index in [1.807, 2.05) is 24.6 Å². The summed E-state index contributed by atoms with van der Waals surface area (Å²) in [6, 6.07) is 3.66. The Morgan fingerprint density at radius 2 is 2.00 bits per heavy atom. The van der Waals surface area contributed by atoms with Gasteiger partial charge in [0.25, 0.3) is 0 Å². The fourth-order valence-electron chi connectivity index (χ4n) is 1.88. The molecule has 0 unspecified atom stereocenters. The number of benzene rings is 1. The zero-order valence-corrected chi connectivity index (χ0v) is 13.5. The van der Waals surface area contributed by atoms with Crippen LogP contribution in [0.2, 0.25) is 0 Å². The Labute approximate surface area is 128 Å². The molecule has 0 atom stereocenters. The number of imidazole rings is 1. The Hall–Kier alpha value is -1.72. The van der Waals surface area contributed by atoms with Crippen LogP contribution in [0.25, 0.3) is 11.0 Å². The maximum atomic E-state index is 11.9. The maximum absolute atomic E-state index is 11.9. The average Bonchev–Trinajstić information content (AvgIpc) is 2.64. The van der Waals surface area contributed by atoms with Gasteiger partial charge in [-0.15, -0.1) is 0 Å². The summed E-state index contributed by atoms with van der Waals surface area (Å²) in [5, 5.41) is 11.7. The van der Waals surface area contributed by atoms with Gasteiger partial charge in [0.2, 0.25) is 0 Å². The summed E-state index contributed by atoms with van der Waals surface area (Å²) in [6.45, 7) is 0. The van der Waals surface area contributed by atoms with E-state index in [0.717, 1.165) is 15.5 Å². The van der Waals surface area contributed by atoms with Crippen LogP contribution in [-0.2, 0) is 14.1 Å². The summed E-state index contributed by atoms with van der Waals surface area (Å²) >= 11 is 4.78.